The molecule has 0 aliphatic carbocycles. The van der Waals surface area contributed by atoms with E-state index in [1.54, 1.807) is 5.56 Å². The third-order valence-electron chi connectivity index (χ3n) is 4.53. The Balaban J connectivity index is 2.06. The molecule has 0 aliphatic rings. The SMILES string of the molecule is CCCCCc1c2ccccc2cc2sc3ccccc3c12. The Hall–Kier alpha value is -1.86. The highest BCUT2D eigenvalue weighted by Gasteiger charge is 2.12. The lowest BCUT2D eigenvalue weighted by atomic mass is 9.95. The Morgan fingerprint density at radius 1 is 0.818 bits per heavy atom. The van der Waals surface area contributed by atoms with E-state index in [1.165, 1.54) is 56.6 Å². The maximum absolute atomic E-state index is 2.37. The molecule has 0 aliphatic heterocycles. The van der Waals surface area contributed by atoms with Gasteiger partial charge < -0.3 is 0 Å². The lowest BCUT2D eigenvalue weighted by Gasteiger charge is -2.09. The van der Waals surface area contributed by atoms with Gasteiger partial charge in [-0.25, -0.2) is 0 Å². The van der Waals surface area contributed by atoms with Gasteiger partial charge in [-0.15, -0.1) is 11.3 Å². The molecule has 0 spiro atoms. The number of hydrogen-bond acceptors (Lipinski definition) is 1. The van der Waals surface area contributed by atoms with Crippen molar-refractivity contribution in [1.29, 1.82) is 0 Å². The van der Waals surface area contributed by atoms with Crippen molar-refractivity contribution < 1.29 is 0 Å². The van der Waals surface area contributed by atoms with Crippen molar-refractivity contribution in [2.24, 2.45) is 0 Å². The highest BCUT2D eigenvalue weighted by atomic mass is 32.1. The van der Waals surface area contributed by atoms with Crippen LogP contribution in [0, 0.1) is 0 Å². The molecule has 0 saturated carbocycles. The first-order chi connectivity index (χ1) is 10.9. The van der Waals surface area contributed by atoms with Crippen molar-refractivity contribution >= 4 is 42.3 Å². The molecule has 0 amide bonds. The molecule has 0 atom stereocenters. The van der Waals surface area contributed by atoms with E-state index < -0.39 is 0 Å². The summed E-state index contributed by atoms with van der Waals surface area (Å²) in [5, 5.41) is 5.75. The van der Waals surface area contributed by atoms with Crippen LogP contribution in [0.1, 0.15) is 31.7 Å². The standard InChI is InChI=1S/C21H20S/c1-2-3-4-11-17-16-10-6-5-9-15(16)14-20-21(17)18-12-7-8-13-19(18)22-20/h5-10,12-14H,2-4,11H2,1H3. The summed E-state index contributed by atoms with van der Waals surface area (Å²) in [5.41, 5.74) is 1.55. The minimum Gasteiger partial charge on any atom is -0.135 e. The maximum atomic E-state index is 2.37. The third kappa shape index (κ3) is 2.21. The summed E-state index contributed by atoms with van der Waals surface area (Å²) in [7, 11) is 0. The highest BCUT2D eigenvalue weighted by Crippen LogP contribution is 2.40. The van der Waals surface area contributed by atoms with E-state index in [-0.39, 0.29) is 0 Å². The van der Waals surface area contributed by atoms with Gasteiger partial charge in [0.05, 0.1) is 0 Å². The molecule has 0 unspecified atom stereocenters. The molecular formula is C21H20S. The topological polar surface area (TPSA) is 0 Å². The van der Waals surface area contributed by atoms with Gasteiger partial charge >= 0.3 is 0 Å². The summed E-state index contributed by atoms with van der Waals surface area (Å²) in [4.78, 5) is 0. The lowest BCUT2D eigenvalue weighted by molar-refractivity contribution is 0.722. The zero-order valence-corrected chi connectivity index (χ0v) is 13.7. The van der Waals surface area contributed by atoms with Gasteiger partial charge in [0, 0.05) is 20.2 Å². The molecule has 0 nitrogen and oxygen atoms in total. The van der Waals surface area contributed by atoms with Gasteiger partial charge in [0.25, 0.3) is 0 Å². The van der Waals surface area contributed by atoms with Crippen LogP contribution in [0.5, 0.6) is 0 Å². The molecule has 4 rings (SSSR count). The Labute approximate surface area is 135 Å². The van der Waals surface area contributed by atoms with Crippen LogP contribution in [-0.4, -0.2) is 0 Å². The van der Waals surface area contributed by atoms with Gasteiger partial charge in [-0.1, -0.05) is 62.2 Å². The van der Waals surface area contributed by atoms with E-state index in [2.05, 4.69) is 61.5 Å². The van der Waals surface area contributed by atoms with Crippen LogP contribution in [0.4, 0.5) is 0 Å². The molecular weight excluding hydrogens is 284 g/mol. The molecule has 0 N–H and O–H groups in total. The fraction of sp³-hybridized carbons (Fsp3) is 0.238. The first-order valence-electron chi connectivity index (χ1n) is 8.20. The number of unbranched alkanes of at least 4 members (excludes halogenated alkanes) is 2. The zero-order valence-electron chi connectivity index (χ0n) is 12.9. The van der Waals surface area contributed by atoms with Crippen molar-refractivity contribution in [2.75, 3.05) is 0 Å². The highest BCUT2D eigenvalue weighted by molar-refractivity contribution is 7.25. The summed E-state index contributed by atoms with van der Waals surface area (Å²) in [5.74, 6) is 0. The van der Waals surface area contributed by atoms with Gasteiger partial charge in [0.2, 0.25) is 0 Å². The summed E-state index contributed by atoms with van der Waals surface area (Å²) < 4.78 is 2.84. The summed E-state index contributed by atoms with van der Waals surface area (Å²) in [6.07, 6.45) is 5.06. The predicted octanol–water partition coefficient (Wildman–Crippen LogP) is 6.94. The molecule has 110 valence electrons. The Bertz CT molecular complexity index is 946. The van der Waals surface area contributed by atoms with Crippen molar-refractivity contribution in [1.82, 2.24) is 0 Å². The maximum Gasteiger partial charge on any atom is 0.0364 e. The minimum absolute atomic E-state index is 1.19. The minimum atomic E-state index is 1.19. The van der Waals surface area contributed by atoms with Crippen LogP contribution in [0.25, 0.3) is 30.9 Å². The summed E-state index contributed by atoms with van der Waals surface area (Å²) in [6.45, 7) is 2.28. The molecule has 0 saturated heterocycles. The number of fused-ring (bicyclic) bond motifs is 4. The molecule has 3 aromatic carbocycles. The van der Waals surface area contributed by atoms with Crippen LogP contribution in [-0.2, 0) is 6.42 Å². The van der Waals surface area contributed by atoms with Gasteiger partial charge in [0.15, 0.2) is 0 Å². The monoisotopic (exact) mass is 304 g/mol. The van der Waals surface area contributed by atoms with Crippen LogP contribution < -0.4 is 0 Å². The quantitative estimate of drug-likeness (QED) is 0.358. The Morgan fingerprint density at radius 2 is 1.59 bits per heavy atom. The van der Waals surface area contributed by atoms with E-state index in [4.69, 9.17) is 0 Å². The fourth-order valence-corrected chi connectivity index (χ4v) is 4.65. The van der Waals surface area contributed by atoms with Crippen molar-refractivity contribution in [3.63, 3.8) is 0 Å². The fourth-order valence-electron chi connectivity index (χ4n) is 3.46. The molecule has 0 radical (unpaired) electrons. The third-order valence-corrected chi connectivity index (χ3v) is 5.65. The van der Waals surface area contributed by atoms with Crippen LogP contribution >= 0.6 is 11.3 Å². The summed E-state index contributed by atoms with van der Waals surface area (Å²) >= 11 is 1.93. The molecule has 22 heavy (non-hydrogen) atoms. The molecule has 1 aromatic heterocycles. The van der Waals surface area contributed by atoms with E-state index in [9.17, 15) is 0 Å². The first kappa shape index (κ1) is 13.8. The first-order valence-corrected chi connectivity index (χ1v) is 9.02. The number of benzene rings is 3. The smallest absolute Gasteiger partial charge is 0.0364 e. The average Bonchev–Trinajstić information content (AvgIpc) is 2.92. The molecule has 4 aromatic rings. The zero-order chi connectivity index (χ0) is 14.9. The normalized spacial score (nSPS) is 11.7. The van der Waals surface area contributed by atoms with Crippen LogP contribution in [0.15, 0.2) is 54.6 Å². The molecule has 0 bridgehead atoms. The number of rotatable bonds is 4. The lowest BCUT2D eigenvalue weighted by Crippen LogP contribution is -1.89. The second-order valence-corrected chi connectivity index (χ2v) is 7.09. The van der Waals surface area contributed by atoms with Crippen molar-refractivity contribution in [3.05, 3.63) is 60.2 Å². The molecule has 1 heterocycles. The van der Waals surface area contributed by atoms with Crippen molar-refractivity contribution in [2.45, 2.75) is 32.6 Å². The Kier molecular flexibility index (Phi) is 3.59. The molecule has 0 fully saturated rings. The van der Waals surface area contributed by atoms with Crippen LogP contribution in [0.3, 0.4) is 0 Å². The predicted molar refractivity (Wildman–Crippen MR) is 100 cm³/mol. The van der Waals surface area contributed by atoms with Crippen LogP contribution in [0.2, 0.25) is 0 Å². The van der Waals surface area contributed by atoms with E-state index in [0.29, 0.717) is 0 Å². The van der Waals surface area contributed by atoms with E-state index in [1.807, 2.05) is 11.3 Å². The number of hydrogen-bond donors (Lipinski definition) is 0. The second kappa shape index (κ2) is 5.73. The van der Waals surface area contributed by atoms with E-state index in [0.717, 1.165) is 0 Å². The van der Waals surface area contributed by atoms with Crippen molar-refractivity contribution in [3.8, 4) is 0 Å². The largest absolute Gasteiger partial charge is 0.135 e. The van der Waals surface area contributed by atoms with Gasteiger partial charge in [0.1, 0.15) is 0 Å². The average molecular weight is 304 g/mol. The van der Waals surface area contributed by atoms with Gasteiger partial charge in [-0.2, -0.15) is 0 Å². The Morgan fingerprint density at radius 3 is 2.45 bits per heavy atom. The molecule has 1 heteroatoms. The number of thiophene rings is 1. The summed E-state index contributed by atoms with van der Waals surface area (Å²) in [6, 6.07) is 20.1. The van der Waals surface area contributed by atoms with Gasteiger partial charge in [-0.3, -0.25) is 0 Å². The van der Waals surface area contributed by atoms with E-state index >= 15 is 0 Å². The van der Waals surface area contributed by atoms with Gasteiger partial charge in [-0.05, 0) is 41.3 Å². The number of aryl methyl sites for hydroxylation is 1. The second-order valence-electron chi connectivity index (χ2n) is 6.00.